The fourth-order valence-corrected chi connectivity index (χ4v) is 7.07. The van der Waals surface area contributed by atoms with Crippen LogP contribution in [0.3, 0.4) is 0 Å². The normalized spacial score (nSPS) is 31.0. The molecule has 206 valence electrons. The molecule has 5 heterocycles. The zero-order chi connectivity index (χ0) is 25.2. The van der Waals surface area contributed by atoms with Gasteiger partial charge >= 0.3 is 0 Å². The maximum Gasteiger partial charge on any atom is 0.173 e. The van der Waals surface area contributed by atoms with Crippen LogP contribution in [0.1, 0.15) is 67.7 Å². The summed E-state index contributed by atoms with van der Waals surface area (Å²) in [6.07, 6.45) is 15.6. The molecule has 2 aromatic rings. The molecule has 1 aliphatic carbocycles. The van der Waals surface area contributed by atoms with Gasteiger partial charge < -0.3 is 42.9 Å². The summed E-state index contributed by atoms with van der Waals surface area (Å²) < 4.78 is 27.1. The van der Waals surface area contributed by atoms with Gasteiger partial charge in [0.15, 0.2) is 12.4 Å². The zero-order valence-corrected chi connectivity index (χ0v) is 24.8. The first-order valence-electron chi connectivity index (χ1n) is 14.2. The highest BCUT2D eigenvalue weighted by Crippen LogP contribution is 2.57. The molecule has 6 atom stereocenters. The van der Waals surface area contributed by atoms with Crippen molar-refractivity contribution < 1.29 is 47.5 Å². The lowest BCUT2D eigenvalue weighted by molar-refractivity contribution is -0.698. The molecule has 1 aromatic carbocycles. The van der Waals surface area contributed by atoms with Crippen molar-refractivity contribution in [3.63, 3.8) is 0 Å². The average molecular weight is 633 g/mol. The van der Waals surface area contributed by atoms with Crippen LogP contribution in [0.25, 0.3) is 0 Å². The van der Waals surface area contributed by atoms with Crippen LogP contribution in [0.4, 0.5) is 0 Å². The number of nitrogens with zero attached hydrogens (tertiary/aromatic N) is 2. The Kier molecular flexibility index (Phi) is 9.42. The van der Waals surface area contributed by atoms with Crippen LogP contribution in [0.15, 0.2) is 54.9 Å². The van der Waals surface area contributed by atoms with Crippen molar-refractivity contribution in [1.29, 1.82) is 0 Å². The first kappa shape index (κ1) is 28.0. The summed E-state index contributed by atoms with van der Waals surface area (Å²) >= 11 is 0. The number of rotatable bonds is 7. The topological polar surface area (TPSA) is 44.0 Å². The molecule has 5 aliphatic rings. The van der Waals surface area contributed by atoms with E-state index in [9.17, 15) is 0 Å². The molecule has 5 bridgehead atoms. The summed E-state index contributed by atoms with van der Waals surface area (Å²) in [5.74, 6) is 1.55. The lowest BCUT2D eigenvalue weighted by Crippen LogP contribution is -3.00. The molecular weight excluding hydrogens is 591 g/mol. The molecule has 7 rings (SSSR count). The van der Waals surface area contributed by atoms with Crippen molar-refractivity contribution >= 4 is 0 Å². The molecule has 0 radical (unpaired) electrons. The third kappa shape index (κ3) is 5.42. The third-order valence-corrected chi connectivity index (χ3v) is 8.71. The number of hydrogen-bond acceptors (Lipinski definition) is 5. The van der Waals surface area contributed by atoms with Gasteiger partial charge in [-0.05, 0) is 55.9 Å². The van der Waals surface area contributed by atoms with E-state index >= 15 is 0 Å². The van der Waals surface area contributed by atoms with E-state index in [1.807, 2.05) is 12.1 Å². The van der Waals surface area contributed by atoms with Gasteiger partial charge in [-0.3, -0.25) is 4.90 Å². The molecule has 0 unspecified atom stereocenters. The molecular formula is C31H41IN2O4. The molecule has 2 fully saturated rings. The molecule has 4 aliphatic heterocycles. The van der Waals surface area contributed by atoms with Gasteiger partial charge in [-0.15, -0.1) is 0 Å². The fourth-order valence-electron chi connectivity index (χ4n) is 7.07. The highest BCUT2D eigenvalue weighted by molar-refractivity contribution is 5.39. The van der Waals surface area contributed by atoms with Crippen molar-refractivity contribution in [2.24, 2.45) is 5.92 Å². The molecule has 0 spiro atoms. The van der Waals surface area contributed by atoms with Gasteiger partial charge in [0.2, 0.25) is 0 Å². The Balaban J connectivity index is 0.00000294. The second-order valence-electron chi connectivity index (χ2n) is 10.9. The number of benzene rings is 1. The maximum absolute atomic E-state index is 6.56. The third-order valence-electron chi connectivity index (χ3n) is 8.71. The monoisotopic (exact) mass is 632 g/mol. The largest absolute Gasteiger partial charge is 1.00 e. The van der Waals surface area contributed by atoms with E-state index in [1.165, 1.54) is 30.4 Å². The highest BCUT2D eigenvalue weighted by Gasteiger charge is 2.60. The summed E-state index contributed by atoms with van der Waals surface area (Å²) in [5.41, 5.74) is 4.08. The Labute approximate surface area is 244 Å². The van der Waals surface area contributed by atoms with Crippen molar-refractivity contribution in [2.45, 2.75) is 82.5 Å². The number of fused-ring (bicyclic) bond motifs is 1. The van der Waals surface area contributed by atoms with Crippen LogP contribution >= 0.6 is 0 Å². The summed E-state index contributed by atoms with van der Waals surface area (Å²) in [4.78, 5) is 2.66. The van der Waals surface area contributed by atoms with Crippen LogP contribution < -0.4 is 33.3 Å². The number of aryl methyl sites for hydroxylation is 1. The van der Waals surface area contributed by atoms with Gasteiger partial charge in [0.1, 0.15) is 18.5 Å². The first-order valence-corrected chi connectivity index (χ1v) is 14.2. The van der Waals surface area contributed by atoms with Crippen molar-refractivity contribution in [3.05, 3.63) is 71.6 Å². The number of piperidine rings is 1. The van der Waals surface area contributed by atoms with Crippen LogP contribution in [-0.4, -0.2) is 50.2 Å². The number of allylic oxidation sites excluding steroid dienone is 2. The smallest absolute Gasteiger partial charge is 0.173 e. The van der Waals surface area contributed by atoms with E-state index in [4.69, 9.17) is 18.9 Å². The van der Waals surface area contributed by atoms with Crippen molar-refractivity contribution in [3.8, 4) is 5.75 Å². The number of pyridine rings is 1. The van der Waals surface area contributed by atoms with Gasteiger partial charge in [-0.25, -0.2) is 4.57 Å². The fraction of sp³-hybridized carbons (Fsp3) is 0.581. The van der Waals surface area contributed by atoms with E-state index in [0.29, 0.717) is 31.8 Å². The van der Waals surface area contributed by atoms with Crippen LogP contribution in [0.2, 0.25) is 0 Å². The van der Waals surface area contributed by atoms with Gasteiger partial charge in [-0.2, -0.15) is 0 Å². The van der Waals surface area contributed by atoms with E-state index in [2.05, 4.69) is 59.1 Å². The Bertz CT molecular complexity index is 1090. The molecule has 38 heavy (non-hydrogen) atoms. The minimum absolute atomic E-state index is 0. The molecule has 0 amide bonds. The van der Waals surface area contributed by atoms with E-state index in [0.717, 1.165) is 37.3 Å². The molecule has 1 aromatic heterocycles. The predicted octanol–water partition coefficient (Wildman–Crippen LogP) is 1.92. The van der Waals surface area contributed by atoms with Crippen LogP contribution in [0.5, 0.6) is 5.75 Å². The number of aromatic nitrogens is 1. The zero-order valence-electron chi connectivity index (χ0n) is 22.6. The first-order chi connectivity index (χ1) is 18.3. The highest BCUT2D eigenvalue weighted by atomic mass is 127. The van der Waals surface area contributed by atoms with Gasteiger partial charge in [0.25, 0.3) is 0 Å². The van der Waals surface area contributed by atoms with E-state index in [-0.39, 0.29) is 48.3 Å². The standard InChI is InChI=1S/C31H41N2O4.HI/c1-3-36-30-26-10-8-6-4-5-7-9-16-32-17-15-25-27(18-32)29(26)33-23(21-37-31(33)28(25)30)20-35-19-22-11-13-24(34-2)14-12-22;/h4,6,11-15,17-18,23,26,28-31H,3,5,7-10,16,19-21H2,1-2H3;1H/q+1;/p-1/b6-4-;/t23-,26+,28+,29+,30+,31+;/m1./s1. The van der Waals surface area contributed by atoms with Gasteiger partial charge in [0.05, 0.1) is 45.0 Å². The minimum atomic E-state index is 0. The molecule has 0 saturated carbocycles. The van der Waals surface area contributed by atoms with E-state index < -0.39 is 0 Å². The summed E-state index contributed by atoms with van der Waals surface area (Å²) in [6, 6.07) is 11.0. The maximum atomic E-state index is 6.56. The van der Waals surface area contributed by atoms with Crippen molar-refractivity contribution in [2.75, 3.05) is 26.9 Å². The van der Waals surface area contributed by atoms with Crippen LogP contribution in [-0.2, 0) is 27.4 Å². The van der Waals surface area contributed by atoms with E-state index in [1.54, 1.807) is 7.11 Å². The minimum Gasteiger partial charge on any atom is -1.00 e. The van der Waals surface area contributed by atoms with Gasteiger partial charge in [-0.1, -0.05) is 24.3 Å². The summed E-state index contributed by atoms with van der Waals surface area (Å²) in [7, 11) is 1.70. The van der Waals surface area contributed by atoms with Crippen LogP contribution in [0, 0.1) is 5.92 Å². The second-order valence-corrected chi connectivity index (χ2v) is 10.9. The Morgan fingerprint density at radius 1 is 1.05 bits per heavy atom. The second kappa shape index (κ2) is 12.8. The Morgan fingerprint density at radius 2 is 1.89 bits per heavy atom. The number of methoxy groups -OCH3 is 1. The number of ether oxygens (including phenoxy) is 4. The molecule has 6 nitrogen and oxygen atoms in total. The predicted molar refractivity (Wildman–Crippen MR) is 141 cm³/mol. The SMILES string of the molecule is CCO[C@H]1[C@H]2CC/C=C\CCCC[n+]3ccc4c(c3)[C@H]2N2[C@H](COCc3ccc(OC)cc3)CO[C@H]2[C@@H]41.[I-]. The Hall–Kier alpha value is -1.52. The van der Waals surface area contributed by atoms with Gasteiger partial charge in [0, 0.05) is 36.6 Å². The molecule has 7 heteroatoms. The summed E-state index contributed by atoms with van der Waals surface area (Å²) in [6.45, 7) is 5.92. The molecule has 0 N–H and O–H groups in total. The number of halogens is 1. The quantitative estimate of drug-likeness (QED) is 0.266. The molecule has 2 saturated heterocycles. The lowest BCUT2D eigenvalue weighted by atomic mass is 9.65. The van der Waals surface area contributed by atoms with Crippen molar-refractivity contribution in [1.82, 2.24) is 4.90 Å². The summed E-state index contributed by atoms with van der Waals surface area (Å²) in [5, 5.41) is 0. The Morgan fingerprint density at radius 3 is 2.71 bits per heavy atom. The number of hydrogen-bond donors (Lipinski definition) is 0. The lowest BCUT2D eigenvalue weighted by Gasteiger charge is -2.56. The average Bonchev–Trinajstić information content (AvgIpc) is 3.35.